The van der Waals surface area contributed by atoms with E-state index in [9.17, 15) is 12.8 Å². The summed E-state index contributed by atoms with van der Waals surface area (Å²) in [4.78, 5) is 0. The highest BCUT2D eigenvalue weighted by atomic mass is 35.5. The predicted octanol–water partition coefficient (Wildman–Crippen LogP) is 4.20. The predicted molar refractivity (Wildman–Crippen MR) is 84.2 cm³/mol. The Morgan fingerprint density at radius 3 is 2.43 bits per heavy atom. The summed E-state index contributed by atoms with van der Waals surface area (Å²) in [6, 6.07) is 11.0. The van der Waals surface area contributed by atoms with E-state index in [4.69, 9.17) is 11.6 Å². The SMILES string of the molecule is Cc1ccc(NS(=O)(=O)/C=C/c2ccc(Cl)cc2)c(F)c1. The van der Waals surface area contributed by atoms with Crippen LogP contribution in [0.3, 0.4) is 0 Å². The van der Waals surface area contributed by atoms with Crippen molar-refractivity contribution in [2.75, 3.05) is 4.72 Å². The highest BCUT2D eigenvalue weighted by Crippen LogP contribution is 2.17. The molecule has 0 spiro atoms. The smallest absolute Gasteiger partial charge is 0.255 e. The first-order valence-electron chi connectivity index (χ1n) is 6.08. The van der Waals surface area contributed by atoms with Crippen molar-refractivity contribution in [3.8, 4) is 0 Å². The monoisotopic (exact) mass is 325 g/mol. The van der Waals surface area contributed by atoms with Crippen molar-refractivity contribution in [2.24, 2.45) is 0 Å². The van der Waals surface area contributed by atoms with E-state index in [1.807, 2.05) is 0 Å². The third-order valence-electron chi connectivity index (χ3n) is 2.69. The molecule has 0 amide bonds. The van der Waals surface area contributed by atoms with E-state index in [1.165, 1.54) is 18.2 Å². The fourth-order valence-corrected chi connectivity index (χ4v) is 2.63. The van der Waals surface area contributed by atoms with Crippen LogP contribution in [0.15, 0.2) is 47.9 Å². The molecule has 0 bridgehead atoms. The standard InChI is InChI=1S/C15H13ClFNO2S/c1-11-2-7-15(14(17)10-11)18-21(19,20)9-8-12-3-5-13(16)6-4-12/h2-10,18H,1H3/b9-8+. The molecule has 2 aromatic carbocycles. The molecule has 2 rings (SSSR count). The summed E-state index contributed by atoms with van der Waals surface area (Å²) in [6.45, 7) is 1.72. The molecule has 1 N–H and O–H groups in total. The Bertz CT molecular complexity index is 771. The van der Waals surface area contributed by atoms with Crippen molar-refractivity contribution in [1.29, 1.82) is 0 Å². The molecular formula is C15H13ClFNO2S. The zero-order valence-electron chi connectivity index (χ0n) is 11.2. The van der Waals surface area contributed by atoms with E-state index in [-0.39, 0.29) is 5.69 Å². The molecule has 0 fully saturated rings. The van der Waals surface area contributed by atoms with Gasteiger partial charge in [0.2, 0.25) is 0 Å². The molecule has 0 aromatic heterocycles. The second-order valence-corrected chi connectivity index (χ2v) is 6.49. The van der Waals surface area contributed by atoms with Gasteiger partial charge in [0.15, 0.2) is 0 Å². The van der Waals surface area contributed by atoms with Crippen molar-refractivity contribution in [3.63, 3.8) is 0 Å². The van der Waals surface area contributed by atoms with E-state index in [2.05, 4.69) is 4.72 Å². The summed E-state index contributed by atoms with van der Waals surface area (Å²) < 4.78 is 39.6. The van der Waals surface area contributed by atoms with Crippen LogP contribution in [-0.2, 0) is 10.0 Å². The van der Waals surface area contributed by atoms with E-state index in [1.54, 1.807) is 37.3 Å². The van der Waals surface area contributed by atoms with Gasteiger partial charge >= 0.3 is 0 Å². The van der Waals surface area contributed by atoms with Gasteiger partial charge in [-0.25, -0.2) is 12.8 Å². The topological polar surface area (TPSA) is 46.2 Å². The highest BCUT2D eigenvalue weighted by Gasteiger charge is 2.09. The molecule has 0 unspecified atom stereocenters. The summed E-state index contributed by atoms with van der Waals surface area (Å²) in [5, 5.41) is 1.55. The lowest BCUT2D eigenvalue weighted by atomic mass is 10.2. The average Bonchev–Trinajstić information content (AvgIpc) is 2.41. The molecule has 2 aromatic rings. The molecular weight excluding hydrogens is 313 g/mol. The molecule has 0 heterocycles. The molecule has 0 radical (unpaired) electrons. The maximum atomic E-state index is 13.6. The lowest BCUT2D eigenvalue weighted by Gasteiger charge is -2.06. The van der Waals surface area contributed by atoms with Gasteiger partial charge in [-0.05, 0) is 48.4 Å². The van der Waals surface area contributed by atoms with Crippen LogP contribution in [0, 0.1) is 12.7 Å². The molecule has 3 nitrogen and oxygen atoms in total. The Balaban J connectivity index is 2.16. The van der Waals surface area contributed by atoms with Crippen LogP contribution in [0.25, 0.3) is 6.08 Å². The number of hydrogen-bond donors (Lipinski definition) is 1. The minimum Gasteiger partial charge on any atom is -0.277 e. The minimum absolute atomic E-state index is 0.0821. The Kier molecular flexibility index (Phi) is 4.65. The first-order chi connectivity index (χ1) is 9.85. The van der Waals surface area contributed by atoms with E-state index < -0.39 is 15.8 Å². The molecule has 6 heteroatoms. The Morgan fingerprint density at radius 1 is 1.14 bits per heavy atom. The number of nitrogens with one attached hydrogen (secondary N) is 1. The average molecular weight is 326 g/mol. The fraction of sp³-hybridized carbons (Fsp3) is 0.0667. The van der Waals surface area contributed by atoms with Gasteiger partial charge in [0.1, 0.15) is 5.82 Å². The quantitative estimate of drug-likeness (QED) is 0.915. The molecule has 0 aliphatic carbocycles. The number of hydrogen-bond acceptors (Lipinski definition) is 2. The molecule has 110 valence electrons. The van der Waals surface area contributed by atoms with Crippen molar-refractivity contribution < 1.29 is 12.8 Å². The molecule has 0 atom stereocenters. The Hall–Kier alpha value is -1.85. The van der Waals surface area contributed by atoms with E-state index in [0.717, 1.165) is 5.41 Å². The van der Waals surface area contributed by atoms with Crippen molar-refractivity contribution >= 4 is 33.4 Å². The molecule has 21 heavy (non-hydrogen) atoms. The zero-order valence-corrected chi connectivity index (χ0v) is 12.7. The van der Waals surface area contributed by atoms with Gasteiger partial charge in [-0.1, -0.05) is 29.8 Å². The number of benzene rings is 2. The largest absolute Gasteiger partial charge is 0.277 e. The third-order valence-corrected chi connectivity index (χ3v) is 3.94. The highest BCUT2D eigenvalue weighted by molar-refractivity contribution is 7.95. The van der Waals surface area contributed by atoms with Crippen LogP contribution in [-0.4, -0.2) is 8.42 Å². The first kappa shape index (κ1) is 15.5. The van der Waals surface area contributed by atoms with Gasteiger partial charge in [0.05, 0.1) is 11.1 Å². The van der Waals surface area contributed by atoms with Crippen LogP contribution in [0.4, 0.5) is 10.1 Å². The van der Waals surface area contributed by atoms with Crippen LogP contribution >= 0.6 is 11.6 Å². The van der Waals surface area contributed by atoms with Gasteiger partial charge in [0.25, 0.3) is 10.0 Å². The maximum Gasteiger partial charge on any atom is 0.255 e. The van der Waals surface area contributed by atoms with Crippen LogP contribution in [0.2, 0.25) is 5.02 Å². The van der Waals surface area contributed by atoms with Gasteiger partial charge in [0, 0.05) is 5.02 Å². The first-order valence-corrected chi connectivity index (χ1v) is 8.01. The van der Waals surface area contributed by atoms with Crippen molar-refractivity contribution in [3.05, 3.63) is 69.8 Å². The normalized spacial score (nSPS) is 11.8. The number of sulfonamides is 1. The summed E-state index contributed by atoms with van der Waals surface area (Å²) >= 11 is 5.74. The molecule has 0 saturated heterocycles. The lowest BCUT2D eigenvalue weighted by Crippen LogP contribution is -2.10. The summed E-state index contributed by atoms with van der Waals surface area (Å²) in [5.41, 5.74) is 1.31. The maximum absolute atomic E-state index is 13.6. The molecule has 0 saturated carbocycles. The second kappa shape index (κ2) is 6.28. The Morgan fingerprint density at radius 2 is 1.81 bits per heavy atom. The third kappa shape index (κ3) is 4.58. The van der Waals surface area contributed by atoms with Gasteiger partial charge < -0.3 is 0 Å². The fourth-order valence-electron chi connectivity index (χ4n) is 1.63. The Labute approximate surface area is 128 Å². The number of aryl methyl sites for hydroxylation is 1. The summed E-state index contributed by atoms with van der Waals surface area (Å²) in [6.07, 6.45) is 1.41. The van der Waals surface area contributed by atoms with Gasteiger partial charge in [-0.15, -0.1) is 0 Å². The lowest BCUT2D eigenvalue weighted by molar-refractivity contribution is 0.606. The van der Waals surface area contributed by atoms with Crippen LogP contribution < -0.4 is 4.72 Å². The van der Waals surface area contributed by atoms with Gasteiger partial charge in [-0.2, -0.15) is 0 Å². The number of rotatable bonds is 4. The van der Waals surface area contributed by atoms with E-state index >= 15 is 0 Å². The van der Waals surface area contributed by atoms with Crippen LogP contribution in [0.1, 0.15) is 11.1 Å². The summed E-state index contributed by atoms with van der Waals surface area (Å²) in [5.74, 6) is -0.613. The van der Waals surface area contributed by atoms with E-state index in [0.29, 0.717) is 16.1 Å². The van der Waals surface area contributed by atoms with Gasteiger partial charge in [-0.3, -0.25) is 4.72 Å². The molecule has 0 aliphatic rings. The summed E-state index contributed by atoms with van der Waals surface area (Å²) in [7, 11) is -3.78. The minimum atomic E-state index is -3.78. The molecule has 0 aliphatic heterocycles. The van der Waals surface area contributed by atoms with Crippen molar-refractivity contribution in [1.82, 2.24) is 0 Å². The number of anilines is 1. The van der Waals surface area contributed by atoms with Crippen molar-refractivity contribution in [2.45, 2.75) is 6.92 Å². The second-order valence-electron chi connectivity index (χ2n) is 4.48. The van der Waals surface area contributed by atoms with Crippen LogP contribution in [0.5, 0.6) is 0 Å². The number of halogens is 2. The zero-order chi connectivity index (χ0) is 15.5.